The lowest BCUT2D eigenvalue weighted by Crippen LogP contribution is -2.30. The summed E-state index contributed by atoms with van der Waals surface area (Å²) in [4.78, 5) is 22.8. The van der Waals surface area contributed by atoms with Gasteiger partial charge in [-0.2, -0.15) is 0 Å². The number of carbonyl (C=O) groups is 2. The first-order chi connectivity index (χ1) is 8.78. The van der Waals surface area contributed by atoms with Crippen molar-refractivity contribution in [2.45, 2.75) is 72.2 Å². The molecule has 1 unspecified atom stereocenters. The fraction of sp³-hybridized carbons (Fsp3) is 0.857. The monoisotopic (exact) mass is 274 g/mol. The highest BCUT2D eigenvalue weighted by Crippen LogP contribution is 2.14. The van der Waals surface area contributed by atoms with Crippen molar-refractivity contribution < 1.29 is 23.8 Å². The van der Waals surface area contributed by atoms with Crippen molar-refractivity contribution in [2.24, 2.45) is 0 Å². The molecular formula is C14H26O5. The molecule has 0 saturated heterocycles. The van der Waals surface area contributed by atoms with E-state index in [9.17, 15) is 9.59 Å². The third-order valence-electron chi connectivity index (χ3n) is 2.08. The van der Waals surface area contributed by atoms with Gasteiger partial charge in [-0.15, -0.1) is 0 Å². The maximum atomic E-state index is 11.6. The molecule has 0 aliphatic heterocycles. The van der Waals surface area contributed by atoms with E-state index in [4.69, 9.17) is 14.2 Å². The van der Waals surface area contributed by atoms with Crippen molar-refractivity contribution in [2.75, 3.05) is 6.61 Å². The molecule has 1 atom stereocenters. The van der Waals surface area contributed by atoms with Gasteiger partial charge in [0.2, 0.25) is 6.29 Å². The Bertz CT molecular complexity index is 280. The molecule has 0 amide bonds. The lowest BCUT2D eigenvalue weighted by molar-refractivity contribution is -0.204. The summed E-state index contributed by atoms with van der Waals surface area (Å²) in [6.07, 6.45) is 0.841. The van der Waals surface area contributed by atoms with Gasteiger partial charge in [0.1, 0.15) is 0 Å². The first kappa shape index (κ1) is 17.9. The van der Waals surface area contributed by atoms with Crippen molar-refractivity contribution in [1.29, 1.82) is 0 Å². The highest BCUT2D eigenvalue weighted by Gasteiger charge is 2.21. The molecule has 0 spiro atoms. The first-order valence-corrected chi connectivity index (χ1v) is 6.81. The van der Waals surface area contributed by atoms with Crippen LogP contribution in [0.15, 0.2) is 0 Å². The smallest absolute Gasteiger partial charge is 0.308 e. The number of esters is 2. The normalized spacial score (nSPS) is 12.9. The molecule has 0 aromatic heterocycles. The summed E-state index contributed by atoms with van der Waals surface area (Å²) >= 11 is 0. The van der Waals surface area contributed by atoms with Crippen LogP contribution in [0.5, 0.6) is 0 Å². The molecule has 0 aliphatic carbocycles. The van der Waals surface area contributed by atoms with E-state index in [-0.39, 0.29) is 24.4 Å². The maximum Gasteiger partial charge on any atom is 0.308 e. The highest BCUT2D eigenvalue weighted by molar-refractivity contribution is 5.77. The molecule has 0 aliphatic rings. The molecule has 0 radical (unpaired) electrons. The van der Waals surface area contributed by atoms with E-state index in [2.05, 4.69) is 0 Å². The van der Waals surface area contributed by atoms with Crippen molar-refractivity contribution >= 4 is 11.9 Å². The number of hydrogen-bond acceptors (Lipinski definition) is 5. The summed E-state index contributed by atoms with van der Waals surface area (Å²) in [5.74, 6) is -0.812. The highest BCUT2D eigenvalue weighted by atomic mass is 16.7. The van der Waals surface area contributed by atoms with Gasteiger partial charge < -0.3 is 14.2 Å². The number of ether oxygens (including phenoxy) is 3. The minimum Gasteiger partial charge on any atom is -0.466 e. The van der Waals surface area contributed by atoms with Gasteiger partial charge in [-0.05, 0) is 27.2 Å². The van der Waals surface area contributed by atoms with Gasteiger partial charge in [0.15, 0.2) is 0 Å². The fourth-order valence-electron chi connectivity index (χ4n) is 1.28. The lowest BCUT2D eigenvalue weighted by atomic mass is 10.2. The average molecular weight is 274 g/mol. The van der Waals surface area contributed by atoms with Crippen molar-refractivity contribution in [3.8, 4) is 0 Å². The van der Waals surface area contributed by atoms with Gasteiger partial charge in [0.05, 0.1) is 25.0 Å². The summed E-state index contributed by atoms with van der Waals surface area (Å²) < 4.78 is 15.6. The molecule has 0 saturated carbocycles. The summed E-state index contributed by atoms with van der Waals surface area (Å²) in [7, 11) is 0. The molecular weight excluding hydrogens is 248 g/mol. The lowest BCUT2D eigenvalue weighted by Gasteiger charge is -2.26. The molecule has 0 fully saturated rings. The zero-order valence-corrected chi connectivity index (χ0v) is 12.7. The van der Waals surface area contributed by atoms with E-state index < -0.39 is 12.3 Å². The molecule has 112 valence electrons. The first-order valence-electron chi connectivity index (χ1n) is 6.81. The van der Waals surface area contributed by atoms with Crippen LogP contribution in [0.3, 0.4) is 0 Å². The Hall–Kier alpha value is -1.10. The van der Waals surface area contributed by atoms with E-state index in [0.29, 0.717) is 13.0 Å². The largest absolute Gasteiger partial charge is 0.466 e. The molecule has 5 nitrogen and oxygen atoms in total. The van der Waals surface area contributed by atoms with Crippen LogP contribution >= 0.6 is 0 Å². The zero-order chi connectivity index (χ0) is 14.9. The molecule has 0 rings (SSSR count). The van der Waals surface area contributed by atoms with E-state index in [1.54, 1.807) is 0 Å². The zero-order valence-electron chi connectivity index (χ0n) is 12.7. The summed E-state index contributed by atoms with van der Waals surface area (Å²) in [5.41, 5.74) is -0.374. The van der Waals surface area contributed by atoms with Gasteiger partial charge >= 0.3 is 11.9 Å². The van der Waals surface area contributed by atoms with E-state index in [1.165, 1.54) is 0 Å². The summed E-state index contributed by atoms with van der Waals surface area (Å²) in [5, 5.41) is 0. The van der Waals surface area contributed by atoms with Crippen LogP contribution in [0.2, 0.25) is 0 Å². The molecule has 0 aromatic rings. The summed E-state index contributed by atoms with van der Waals surface area (Å²) in [6.45, 7) is 9.86. The van der Waals surface area contributed by atoms with Gasteiger partial charge in [-0.1, -0.05) is 13.8 Å². The quantitative estimate of drug-likeness (QED) is 0.503. The average Bonchev–Trinajstić information content (AvgIpc) is 2.31. The molecule has 5 heteroatoms. The SMILES string of the molecule is CCCOC(=O)CCC(=O)OC(CC)OC(C)(C)C. The van der Waals surface area contributed by atoms with E-state index in [1.807, 2.05) is 34.6 Å². The Labute approximate surface area is 115 Å². The summed E-state index contributed by atoms with van der Waals surface area (Å²) in [6, 6.07) is 0. The van der Waals surface area contributed by atoms with Gasteiger partial charge in [-0.25, -0.2) is 0 Å². The van der Waals surface area contributed by atoms with Crippen LogP contribution in [-0.2, 0) is 23.8 Å². The van der Waals surface area contributed by atoms with Crippen LogP contribution in [0, 0.1) is 0 Å². The third kappa shape index (κ3) is 10.5. The van der Waals surface area contributed by atoms with Gasteiger partial charge in [0, 0.05) is 6.42 Å². The number of rotatable bonds is 8. The molecule has 19 heavy (non-hydrogen) atoms. The van der Waals surface area contributed by atoms with Crippen LogP contribution in [0.4, 0.5) is 0 Å². The van der Waals surface area contributed by atoms with Crippen LogP contribution < -0.4 is 0 Å². The second kappa shape index (κ2) is 8.91. The van der Waals surface area contributed by atoms with Gasteiger partial charge in [-0.3, -0.25) is 9.59 Å². The Kier molecular flexibility index (Phi) is 8.39. The molecule has 0 aromatic carbocycles. The van der Waals surface area contributed by atoms with Crippen LogP contribution in [0.25, 0.3) is 0 Å². The Morgan fingerprint density at radius 2 is 1.63 bits per heavy atom. The second-order valence-corrected chi connectivity index (χ2v) is 5.28. The van der Waals surface area contributed by atoms with Crippen molar-refractivity contribution in [1.82, 2.24) is 0 Å². The topological polar surface area (TPSA) is 61.8 Å². The Balaban J connectivity index is 3.98. The van der Waals surface area contributed by atoms with Crippen molar-refractivity contribution in [3.63, 3.8) is 0 Å². The molecule has 0 bridgehead atoms. The Morgan fingerprint density at radius 3 is 2.11 bits per heavy atom. The predicted octanol–water partition coefficient (Wildman–Crippen LogP) is 2.81. The third-order valence-corrected chi connectivity index (χ3v) is 2.08. The van der Waals surface area contributed by atoms with Crippen LogP contribution in [0.1, 0.15) is 60.3 Å². The maximum absolute atomic E-state index is 11.6. The molecule has 0 heterocycles. The number of hydrogen-bond donors (Lipinski definition) is 0. The second-order valence-electron chi connectivity index (χ2n) is 5.28. The van der Waals surface area contributed by atoms with Crippen LogP contribution in [-0.4, -0.2) is 30.4 Å². The van der Waals surface area contributed by atoms with Gasteiger partial charge in [0.25, 0.3) is 0 Å². The van der Waals surface area contributed by atoms with Crippen molar-refractivity contribution in [3.05, 3.63) is 0 Å². The minimum absolute atomic E-state index is 0.0204. The standard InChI is InChI=1S/C14H26O5/c1-6-10-17-11(15)8-9-12(16)18-13(7-2)19-14(3,4)5/h13H,6-10H2,1-5H3. The predicted molar refractivity (Wildman–Crippen MR) is 71.5 cm³/mol. The number of carbonyl (C=O) groups excluding carboxylic acids is 2. The fourth-order valence-corrected chi connectivity index (χ4v) is 1.28. The Morgan fingerprint density at radius 1 is 1.05 bits per heavy atom. The van der Waals surface area contributed by atoms with E-state index >= 15 is 0 Å². The van der Waals surface area contributed by atoms with E-state index in [0.717, 1.165) is 6.42 Å². The minimum atomic E-state index is -0.570. The molecule has 0 N–H and O–H groups in total.